The van der Waals surface area contributed by atoms with Gasteiger partial charge in [0.25, 0.3) is 0 Å². The van der Waals surface area contributed by atoms with Crippen LogP contribution < -0.4 is 11.1 Å². The van der Waals surface area contributed by atoms with Gasteiger partial charge in [-0.05, 0) is 30.5 Å². The van der Waals surface area contributed by atoms with Crippen LogP contribution in [0.1, 0.15) is 18.9 Å². The predicted octanol–water partition coefficient (Wildman–Crippen LogP) is 1.17. The third-order valence-corrected chi connectivity index (χ3v) is 3.41. The molecule has 2 unspecified atom stereocenters. The number of piperidine rings is 1. The lowest BCUT2D eigenvalue weighted by Gasteiger charge is -2.34. The SMILES string of the molecule is CC1CC(N)CN(CC(=O)Nc2cccc(C#N)c2)C1. The molecule has 5 heteroatoms. The number of nitriles is 1. The normalized spacial score (nSPS) is 23.1. The van der Waals surface area contributed by atoms with E-state index in [2.05, 4.69) is 23.2 Å². The Morgan fingerprint density at radius 3 is 3.05 bits per heavy atom. The summed E-state index contributed by atoms with van der Waals surface area (Å²) in [4.78, 5) is 14.1. The molecule has 0 bridgehead atoms. The first kappa shape index (κ1) is 14.5. The van der Waals surface area contributed by atoms with Crippen LogP contribution in [0, 0.1) is 17.2 Å². The molecule has 0 aliphatic carbocycles. The Balaban J connectivity index is 1.90. The quantitative estimate of drug-likeness (QED) is 0.865. The summed E-state index contributed by atoms with van der Waals surface area (Å²) in [6, 6.07) is 9.12. The minimum atomic E-state index is -0.0682. The van der Waals surface area contributed by atoms with E-state index in [0.29, 0.717) is 23.7 Å². The highest BCUT2D eigenvalue weighted by Gasteiger charge is 2.23. The molecule has 106 valence electrons. The average Bonchev–Trinajstić information content (AvgIpc) is 2.37. The van der Waals surface area contributed by atoms with E-state index >= 15 is 0 Å². The fraction of sp³-hybridized carbons (Fsp3) is 0.467. The van der Waals surface area contributed by atoms with Gasteiger partial charge in [-0.25, -0.2) is 0 Å². The topological polar surface area (TPSA) is 82.2 Å². The van der Waals surface area contributed by atoms with E-state index in [1.807, 2.05) is 0 Å². The van der Waals surface area contributed by atoms with Gasteiger partial charge in [0.15, 0.2) is 0 Å². The number of anilines is 1. The number of nitrogens with two attached hydrogens (primary N) is 1. The molecule has 0 saturated carbocycles. The predicted molar refractivity (Wildman–Crippen MR) is 78.0 cm³/mol. The van der Waals surface area contributed by atoms with E-state index in [-0.39, 0.29) is 11.9 Å². The fourth-order valence-corrected chi connectivity index (χ4v) is 2.71. The number of carbonyl (C=O) groups is 1. The number of likely N-dealkylation sites (tertiary alicyclic amines) is 1. The molecule has 3 N–H and O–H groups in total. The Labute approximate surface area is 119 Å². The maximum absolute atomic E-state index is 12.0. The van der Waals surface area contributed by atoms with Crippen molar-refractivity contribution in [3.63, 3.8) is 0 Å². The van der Waals surface area contributed by atoms with E-state index in [1.54, 1.807) is 24.3 Å². The highest BCUT2D eigenvalue weighted by molar-refractivity contribution is 5.92. The van der Waals surface area contributed by atoms with Crippen molar-refractivity contribution in [3.8, 4) is 6.07 Å². The van der Waals surface area contributed by atoms with Crippen LogP contribution >= 0.6 is 0 Å². The molecular weight excluding hydrogens is 252 g/mol. The highest BCUT2D eigenvalue weighted by atomic mass is 16.2. The van der Waals surface area contributed by atoms with Crippen LogP contribution in [0.4, 0.5) is 5.69 Å². The lowest BCUT2D eigenvalue weighted by atomic mass is 9.97. The largest absolute Gasteiger partial charge is 0.327 e. The van der Waals surface area contributed by atoms with Crippen molar-refractivity contribution in [2.45, 2.75) is 19.4 Å². The maximum Gasteiger partial charge on any atom is 0.238 e. The van der Waals surface area contributed by atoms with Gasteiger partial charge in [0.05, 0.1) is 18.2 Å². The first-order chi connectivity index (χ1) is 9.56. The number of hydrogen-bond donors (Lipinski definition) is 2. The molecule has 20 heavy (non-hydrogen) atoms. The lowest BCUT2D eigenvalue weighted by Crippen LogP contribution is -2.48. The van der Waals surface area contributed by atoms with Gasteiger partial charge in [-0.2, -0.15) is 5.26 Å². The molecule has 1 fully saturated rings. The molecule has 2 rings (SSSR count). The summed E-state index contributed by atoms with van der Waals surface area (Å²) >= 11 is 0. The average molecular weight is 272 g/mol. The molecular formula is C15H20N4O. The van der Waals surface area contributed by atoms with E-state index in [4.69, 9.17) is 11.0 Å². The first-order valence-electron chi connectivity index (χ1n) is 6.85. The molecule has 5 nitrogen and oxygen atoms in total. The summed E-state index contributed by atoms with van der Waals surface area (Å²) in [6.45, 7) is 4.16. The van der Waals surface area contributed by atoms with Crippen molar-refractivity contribution in [3.05, 3.63) is 29.8 Å². The first-order valence-corrected chi connectivity index (χ1v) is 6.85. The van der Waals surface area contributed by atoms with Gasteiger partial charge in [-0.15, -0.1) is 0 Å². The zero-order chi connectivity index (χ0) is 14.5. The molecule has 1 aliphatic heterocycles. The van der Waals surface area contributed by atoms with E-state index in [1.165, 1.54) is 0 Å². The van der Waals surface area contributed by atoms with Crippen molar-refractivity contribution >= 4 is 11.6 Å². The fourth-order valence-electron chi connectivity index (χ4n) is 2.71. The minimum Gasteiger partial charge on any atom is -0.327 e. The summed E-state index contributed by atoms with van der Waals surface area (Å²) in [6.07, 6.45) is 1.02. The van der Waals surface area contributed by atoms with Gasteiger partial charge in [0.2, 0.25) is 5.91 Å². The summed E-state index contributed by atoms with van der Waals surface area (Å²) in [5.41, 5.74) is 7.17. The lowest BCUT2D eigenvalue weighted by molar-refractivity contribution is -0.117. The van der Waals surface area contributed by atoms with Crippen molar-refractivity contribution in [1.29, 1.82) is 5.26 Å². The standard InChI is InChI=1S/C15H20N4O/c1-11-5-13(17)9-19(8-11)10-15(20)18-14-4-2-3-12(6-14)7-16/h2-4,6,11,13H,5,8-10,17H2,1H3,(H,18,20). The van der Waals surface area contributed by atoms with E-state index in [9.17, 15) is 4.79 Å². The number of hydrogen-bond acceptors (Lipinski definition) is 4. The minimum absolute atomic E-state index is 0.0682. The zero-order valence-corrected chi connectivity index (χ0v) is 11.7. The van der Waals surface area contributed by atoms with Crippen molar-refractivity contribution in [2.24, 2.45) is 11.7 Å². The van der Waals surface area contributed by atoms with Crippen molar-refractivity contribution in [1.82, 2.24) is 4.90 Å². The monoisotopic (exact) mass is 272 g/mol. The Bertz CT molecular complexity index is 513. The van der Waals surface area contributed by atoms with Gasteiger partial charge in [0, 0.05) is 24.8 Å². The van der Waals surface area contributed by atoms with Gasteiger partial charge in [-0.3, -0.25) is 9.69 Å². The molecule has 1 aromatic carbocycles. The second kappa shape index (κ2) is 6.51. The number of benzene rings is 1. The van der Waals surface area contributed by atoms with Crippen molar-refractivity contribution < 1.29 is 4.79 Å². The molecule has 2 atom stereocenters. The Morgan fingerprint density at radius 1 is 1.55 bits per heavy atom. The number of nitrogens with zero attached hydrogens (tertiary/aromatic N) is 2. The molecule has 1 amide bonds. The summed E-state index contributed by atoms with van der Waals surface area (Å²) in [5, 5.41) is 11.7. The van der Waals surface area contributed by atoms with E-state index < -0.39 is 0 Å². The number of nitrogens with one attached hydrogen (secondary N) is 1. The van der Waals surface area contributed by atoms with Gasteiger partial charge < -0.3 is 11.1 Å². The van der Waals surface area contributed by atoms with Gasteiger partial charge >= 0.3 is 0 Å². The zero-order valence-electron chi connectivity index (χ0n) is 11.7. The molecule has 0 aromatic heterocycles. The summed E-state index contributed by atoms with van der Waals surface area (Å²) in [5.74, 6) is 0.454. The van der Waals surface area contributed by atoms with Crippen LogP contribution in [0.15, 0.2) is 24.3 Å². The molecule has 0 spiro atoms. The van der Waals surface area contributed by atoms with Crippen LogP contribution in [-0.4, -0.2) is 36.5 Å². The molecule has 0 radical (unpaired) electrons. The summed E-state index contributed by atoms with van der Waals surface area (Å²) in [7, 11) is 0. The molecule has 1 aromatic rings. The van der Waals surface area contributed by atoms with Gasteiger partial charge in [0.1, 0.15) is 0 Å². The second-order valence-electron chi connectivity index (χ2n) is 5.54. The van der Waals surface area contributed by atoms with Crippen LogP contribution in [0.25, 0.3) is 0 Å². The number of rotatable bonds is 3. The number of amides is 1. The van der Waals surface area contributed by atoms with Crippen LogP contribution in [0.5, 0.6) is 0 Å². The maximum atomic E-state index is 12.0. The smallest absolute Gasteiger partial charge is 0.238 e. The van der Waals surface area contributed by atoms with Crippen molar-refractivity contribution in [2.75, 3.05) is 25.0 Å². The molecule has 1 heterocycles. The third kappa shape index (κ3) is 4.05. The number of carbonyl (C=O) groups excluding carboxylic acids is 1. The summed E-state index contributed by atoms with van der Waals surface area (Å²) < 4.78 is 0. The Morgan fingerprint density at radius 2 is 2.35 bits per heavy atom. The van der Waals surface area contributed by atoms with E-state index in [0.717, 1.165) is 19.5 Å². The Kier molecular flexibility index (Phi) is 4.72. The van der Waals surface area contributed by atoms with Crippen LogP contribution in [-0.2, 0) is 4.79 Å². The highest BCUT2D eigenvalue weighted by Crippen LogP contribution is 2.15. The van der Waals surface area contributed by atoms with Crippen LogP contribution in [0.2, 0.25) is 0 Å². The second-order valence-corrected chi connectivity index (χ2v) is 5.54. The molecule has 1 saturated heterocycles. The molecule has 1 aliphatic rings. The Hall–Kier alpha value is -1.90. The third-order valence-electron chi connectivity index (χ3n) is 3.41. The van der Waals surface area contributed by atoms with Gasteiger partial charge in [-0.1, -0.05) is 13.0 Å². The van der Waals surface area contributed by atoms with Crippen LogP contribution in [0.3, 0.4) is 0 Å².